The van der Waals surface area contributed by atoms with E-state index in [0.717, 1.165) is 25.2 Å². The lowest BCUT2D eigenvalue weighted by Gasteiger charge is -2.28. The number of rotatable bonds is 3. The number of nitro benzene ring substituents is 1. The Morgan fingerprint density at radius 1 is 1.29 bits per heavy atom. The van der Waals surface area contributed by atoms with E-state index in [4.69, 9.17) is 4.74 Å². The third kappa shape index (κ3) is 2.84. The Kier molecular flexibility index (Phi) is 4.45. The van der Waals surface area contributed by atoms with E-state index >= 15 is 0 Å². The summed E-state index contributed by atoms with van der Waals surface area (Å²) in [6.07, 6.45) is 3.48. The average Bonchev–Trinajstić information content (AvgIpc) is 2.78. The van der Waals surface area contributed by atoms with E-state index in [9.17, 15) is 14.9 Å². The molecular formula is C17H23N3O4. The van der Waals surface area contributed by atoms with Gasteiger partial charge in [-0.2, -0.15) is 0 Å². The molecule has 2 fully saturated rings. The molecule has 7 nitrogen and oxygen atoms in total. The molecule has 0 saturated carbocycles. The van der Waals surface area contributed by atoms with Crippen LogP contribution in [0.3, 0.4) is 0 Å². The zero-order valence-electron chi connectivity index (χ0n) is 14.3. The number of nitro groups is 1. The molecule has 0 amide bonds. The van der Waals surface area contributed by atoms with Gasteiger partial charge in [0.15, 0.2) is 0 Å². The maximum atomic E-state index is 12.0. The summed E-state index contributed by atoms with van der Waals surface area (Å²) < 4.78 is 4.75. The topological polar surface area (TPSA) is 75.9 Å². The van der Waals surface area contributed by atoms with Crippen LogP contribution in [0.25, 0.3) is 0 Å². The van der Waals surface area contributed by atoms with Crippen LogP contribution in [0.5, 0.6) is 0 Å². The molecule has 1 aromatic rings. The number of methoxy groups -OCH3 is 1. The summed E-state index contributed by atoms with van der Waals surface area (Å²) in [6, 6.07) is 4.52. The predicted molar refractivity (Wildman–Crippen MR) is 90.6 cm³/mol. The molecule has 2 aliphatic rings. The Bertz CT molecular complexity index is 676. The van der Waals surface area contributed by atoms with Gasteiger partial charge in [0.1, 0.15) is 5.56 Å². The predicted octanol–water partition coefficient (Wildman–Crippen LogP) is 2.36. The molecule has 0 radical (unpaired) electrons. The molecule has 1 aromatic carbocycles. The standard InChI is InChI=1S/C17H23N3O4/c1-11-8-14(9-15(17(21)24-3)16(11)20(22)23)19-7-6-12-4-5-13(10-19)18(12)2/h8-9,12-13H,4-7,10H2,1-3H3. The molecule has 2 heterocycles. The van der Waals surface area contributed by atoms with Crippen molar-refractivity contribution in [1.82, 2.24) is 4.90 Å². The number of ether oxygens (including phenoxy) is 1. The van der Waals surface area contributed by atoms with Crippen LogP contribution in [0.2, 0.25) is 0 Å². The van der Waals surface area contributed by atoms with Gasteiger partial charge in [-0.15, -0.1) is 0 Å². The number of aryl methyl sites for hydroxylation is 1. The third-order valence-corrected chi connectivity index (χ3v) is 5.39. The minimum atomic E-state index is -0.667. The van der Waals surface area contributed by atoms with Gasteiger partial charge in [0.25, 0.3) is 5.69 Å². The van der Waals surface area contributed by atoms with Crippen LogP contribution in [0.15, 0.2) is 12.1 Å². The number of hydrogen-bond donors (Lipinski definition) is 0. The molecule has 0 aromatic heterocycles. The number of hydrogen-bond acceptors (Lipinski definition) is 6. The van der Waals surface area contributed by atoms with Crippen molar-refractivity contribution in [2.24, 2.45) is 0 Å². The number of benzene rings is 1. The van der Waals surface area contributed by atoms with Crippen molar-refractivity contribution in [2.75, 3.05) is 32.1 Å². The molecule has 2 bridgehead atoms. The van der Waals surface area contributed by atoms with Gasteiger partial charge in [0.2, 0.25) is 0 Å². The van der Waals surface area contributed by atoms with Gasteiger partial charge in [-0.1, -0.05) is 0 Å². The monoisotopic (exact) mass is 333 g/mol. The molecule has 0 N–H and O–H groups in total. The minimum Gasteiger partial charge on any atom is -0.465 e. The molecule has 3 rings (SSSR count). The second kappa shape index (κ2) is 6.39. The van der Waals surface area contributed by atoms with E-state index in [-0.39, 0.29) is 11.3 Å². The highest BCUT2D eigenvalue weighted by Crippen LogP contribution is 2.34. The van der Waals surface area contributed by atoms with Gasteiger partial charge in [0, 0.05) is 36.4 Å². The molecule has 130 valence electrons. The summed E-state index contributed by atoms with van der Waals surface area (Å²) in [4.78, 5) is 27.5. The maximum absolute atomic E-state index is 12.0. The van der Waals surface area contributed by atoms with Crippen LogP contribution >= 0.6 is 0 Å². The second-order valence-electron chi connectivity index (χ2n) is 6.69. The highest BCUT2D eigenvalue weighted by atomic mass is 16.6. The number of likely N-dealkylation sites (N-methyl/N-ethyl adjacent to an activating group) is 1. The minimum absolute atomic E-state index is 0.0280. The van der Waals surface area contributed by atoms with Crippen molar-refractivity contribution in [3.63, 3.8) is 0 Å². The third-order valence-electron chi connectivity index (χ3n) is 5.39. The Morgan fingerprint density at radius 3 is 2.67 bits per heavy atom. The fraction of sp³-hybridized carbons (Fsp3) is 0.588. The van der Waals surface area contributed by atoms with Crippen molar-refractivity contribution < 1.29 is 14.5 Å². The van der Waals surface area contributed by atoms with Gasteiger partial charge in [0.05, 0.1) is 12.0 Å². The van der Waals surface area contributed by atoms with Crippen molar-refractivity contribution >= 4 is 17.3 Å². The Balaban J connectivity index is 1.98. The average molecular weight is 333 g/mol. The van der Waals surface area contributed by atoms with Crippen molar-refractivity contribution in [1.29, 1.82) is 0 Å². The molecule has 7 heteroatoms. The summed E-state index contributed by atoms with van der Waals surface area (Å²) in [6.45, 7) is 3.44. The van der Waals surface area contributed by atoms with Gasteiger partial charge in [-0.05, 0) is 45.4 Å². The first-order valence-corrected chi connectivity index (χ1v) is 8.26. The van der Waals surface area contributed by atoms with Crippen molar-refractivity contribution in [3.05, 3.63) is 33.4 Å². The van der Waals surface area contributed by atoms with Gasteiger partial charge >= 0.3 is 5.97 Å². The summed E-state index contributed by atoms with van der Waals surface area (Å²) >= 11 is 0. The lowest BCUT2D eigenvalue weighted by molar-refractivity contribution is -0.385. The van der Waals surface area contributed by atoms with E-state index < -0.39 is 10.9 Å². The molecule has 2 unspecified atom stereocenters. The van der Waals surface area contributed by atoms with E-state index in [1.54, 1.807) is 13.0 Å². The first kappa shape index (κ1) is 16.7. The quantitative estimate of drug-likeness (QED) is 0.480. The van der Waals surface area contributed by atoms with Gasteiger partial charge < -0.3 is 9.64 Å². The van der Waals surface area contributed by atoms with E-state index in [2.05, 4.69) is 16.8 Å². The number of nitrogens with zero attached hydrogens (tertiary/aromatic N) is 3. The first-order chi connectivity index (χ1) is 11.4. The Morgan fingerprint density at radius 2 is 2.00 bits per heavy atom. The first-order valence-electron chi connectivity index (χ1n) is 8.26. The summed E-state index contributed by atoms with van der Waals surface area (Å²) in [5.41, 5.74) is 1.21. The van der Waals surface area contributed by atoms with E-state index in [1.807, 2.05) is 6.07 Å². The molecule has 2 aliphatic heterocycles. The highest BCUT2D eigenvalue weighted by molar-refractivity contribution is 5.95. The maximum Gasteiger partial charge on any atom is 0.344 e. The summed E-state index contributed by atoms with van der Waals surface area (Å²) in [7, 11) is 3.42. The largest absolute Gasteiger partial charge is 0.465 e. The van der Waals surface area contributed by atoms with Crippen LogP contribution in [0, 0.1) is 17.0 Å². The normalized spacial score (nSPS) is 23.9. The van der Waals surface area contributed by atoms with Crippen molar-refractivity contribution in [3.8, 4) is 0 Å². The van der Waals surface area contributed by atoms with Crippen LogP contribution < -0.4 is 4.90 Å². The number of carbonyl (C=O) groups excluding carboxylic acids is 1. The lowest BCUT2D eigenvalue weighted by atomic mass is 10.0. The fourth-order valence-electron chi connectivity index (χ4n) is 3.99. The van der Waals surface area contributed by atoms with Crippen LogP contribution in [0.1, 0.15) is 35.2 Å². The van der Waals surface area contributed by atoms with Gasteiger partial charge in [-0.3, -0.25) is 15.0 Å². The van der Waals surface area contributed by atoms with Gasteiger partial charge in [-0.25, -0.2) is 4.79 Å². The second-order valence-corrected chi connectivity index (χ2v) is 6.69. The van der Waals surface area contributed by atoms with Crippen molar-refractivity contribution in [2.45, 2.75) is 38.3 Å². The number of fused-ring (bicyclic) bond motifs is 2. The number of esters is 1. The van der Waals surface area contributed by atoms with Crippen LogP contribution in [0.4, 0.5) is 11.4 Å². The lowest BCUT2D eigenvalue weighted by Crippen LogP contribution is -2.36. The summed E-state index contributed by atoms with van der Waals surface area (Å²) in [5, 5.41) is 11.3. The van der Waals surface area contributed by atoms with Crippen LogP contribution in [-0.2, 0) is 4.74 Å². The molecule has 0 spiro atoms. The Labute approximate surface area is 141 Å². The fourth-order valence-corrected chi connectivity index (χ4v) is 3.99. The molecular weight excluding hydrogens is 310 g/mol. The zero-order valence-corrected chi connectivity index (χ0v) is 14.3. The molecule has 2 atom stereocenters. The Hall–Kier alpha value is -2.15. The smallest absolute Gasteiger partial charge is 0.344 e. The van der Waals surface area contributed by atoms with E-state index in [0.29, 0.717) is 17.6 Å². The van der Waals surface area contributed by atoms with E-state index in [1.165, 1.54) is 20.0 Å². The number of carbonyl (C=O) groups is 1. The molecule has 2 saturated heterocycles. The highest BCUT2D eigenvalue weighted by Gasteiger charge is 2.35. The summed E-state index contributed by atoms with van der Waals surface area (Å²) in [5.74, 6) is -0.667. The zero-order chi connectivity index (χ0) is 17.4. The van der Waals surface area contributed by atoms with Crippen LogP contribution in [-0.4, -0.2) is 55.1 Å². The molecule has 0 aliphatic carbocycles. The SMILES string of the molecule is COC(=O)c1cc(N2CCC3CCC(C2)N3C)cc(C)c1[N+](=O)[O-]. The molecule has 24 heavy (non-hydrogen) atoms. The number of anilines is 1.